The monoisotopic (exact) mass is 334 g/mol. The molecule has 2 N–H and O–H groups in total. The van der Waals surface area contributed by atoms with E-state index in [-0.39, 0.29) is 18.4 Å². The van der Waals surface area contributed by atoms with Crippen molar-refractivity contribution >= 4 is 17.6 Å². The number of aliphatic carboxylic acids is 1. The molecule has 1 aliphatic carbocycles. The van der Waals surface area contributed by atoms with Crippen LogP contribution in [0.4, 0.5) is 10.1 Å². The fourth-order valence-corrected chi connectivity index (χ4v) is 4.14. The Hall–Kier alpha value is -1.95. The minimum Gasteiger partial charge on any atom is -0.480 e. The molecule has 2 fully saturated rings. The van der Waals surface area contributed by atoms with Gasteiger partial charge in [-0.1, -0.05) is 18.9 Å². The van der Waals surface area contributed by atoms with Crippen LogP contribution in [0.15, 0.2) is 24.3 Å². The van der Waals surface area contributed by atoms with Crippen LogP contribution in [0.3, 0.4) is 0 Å². The van der Waals surface area contributed by atoms with E-state index in [2.05, 4.69) is 5.32 Å². The minimum atomic E-state index is -0.796. The zero-order valence-corrected chi connectivity index (χ0v) is 13.6. The number of amides is 1. The lowest BCUT2D eigenvalue weighted by Crippen LogP contribution is -2.43. The van der Waals surface area contributed by atoms with Gasteiger partial charge in [-0.15, -0.1) is 0 Å². The summed E-state index contributed by atoms with van der Waals surface area (Å²) in [5.41, 5.74) is 0.423. The molecule has 130 valence electrons. The van der Waals surface area contributed by atoms with Gasteiger partial charge in [0, 0.05) is 24.7 Å². The highest BCUT2D eigenvalue weighted by Gasteiger charge is 2.44. The fraction of sp³-hybridized carbons (Fsp3) is 0.556. The van der Waals surface area contributed by atoms with Gasteiger partial charge in [-0.25, -0.2) is 4.39 Å². The molecule has 0 aromatic heterocycles. The number of hydrogen-bond acceptors (Lipinski definition) is 3. The fourth-order valence-electron chi connectivity index (χ4n) is 4.14. The Morgan fingerprint density at radius 1 is 1.29 bits per heavy atom. The lowest BCUT2D eigenvalue weighted by atomic mass is 9.85. The summed E-state index contributed by atoms with van der Waals surface area (Å²) in [7, 11) is 0. The Balaban J connectivity index is 1.59. The number of likely N-dealkylation sites (tertiary alicyclic amines) is 1. The van der Waals surface area contributed by atoms with Crippen LogP contribution in [-0.4, -0.2) is 40.5 Å². The highest BCUT2D eigenvalue weighted by Crippen LogP contribution is 2.39. The molecule has 0 radical (unpaired) electrons. The van der Waals surface area contributed by atoms with Crippen molar-refractivity contribution in [1.82, 2.24) is 4.90 Å². The van der Waals surface area contributed by atoms with Gasteiger partial charge < -0.3 is 10.4 Å². The Bertz CT molecular complexity index is 622. The molecule has 3 unspecified atom stereocenters. The number of anilines is 1. The first-order valence-electron chi connectivity index (χ1n) is 8.58. The van der Waals surface area contributed by atoms with Gasteiger partial charge >= 0.3 is 5.97 Å². The Morgan fingerprint density at radius 3 is 2.83 bits per heavy atom. The second kappa shape index (κ2) is 7.30. The van der Waals surface area contributed by atoms with Gasteiger partial charge in [-0.3, -0.25) is 14.5 Å². The lowest BCUT2D eigenvalue weighted by Gasteiger charge is -2.32. The van der Waals surface area contributed by atoms with E-state index in [1.807, 2.05) is 4.90 Å². The van der Waals surface area contributed by atoms with Crippen LogP contribution in [0.2, 0.25) is 0 Å². The van der Waals surface area contributed by atoms with Crippen LogP contribution in [0.25, 0.3) is 0 Å². The maximum Gasteiger partial charge on any atom is 0.320 e. The van der Waals surface area contributed by atoms with Crippen molar-refractivity contribution in [2.75, 3.05) is 11.9 Å². The summed E-state index contributed by atoms with van der Waals surface area (Å²) >= 11 is 0. The topological polar surface area (TPSA) is 69.6 Å². The smallest absolute Gasteiger partial charge is 0.320 e. The van der Waals surface area contributed by atoms with Crippen LogP contribution >= 0.6 is 0 Å². The lowest BCUT2D eigenvalue weighted by molar-refractivity contribution is -0.143. The van der Waals surface area contributed by atoms with Crippen molar-refractivity contribution in [2.24, 2.45) is 5.92 Å². The second-order valence-electron chi connectivity index (χ2n) is 6.75. The predicted molar refractivity (Wildman–Crippen MR) is 88.1 cm³/mol. The van der Waals surface area contributed by atoms with E-state index in [1.54, 1.807) is 12.1 Å². The molecule has 3 atom stereocenters. The standard InChI is InChI=1S/C18H23FN2O3/c19-13-5-3-6-14(11-13)20-17(22)8-9-21-15-7-2-1-4-12(15)10-16(21)18(23)24/h3,5-6,11-12,15-16H,1-2,4,7-10H2,(H,20,22)(H,23,24). The molecule has 24 heavy (non-hydrogen) atoms. The maximum absolute atomic E-state index is 13.1. The van der Waals surface area contributed by atoms with Crippen LogP contribution < -0.4 is 5.32 Å². The van der Waals surface area contributed by atoms with Gasteiger partial charge in [0.2, 0.25) is 5.91 Å². The summed E-state index contributed by atoms with van der Waals surface area (Å²) < 4.78 is 13.1. The summed E-state index contributed by atoms with van der Waals surface area (Å²) in [4.78, 5) is 25.7. The number of carboxylic acids is 1. The molecule has 1 aliphatic heterocycles. The SMILES string of the molecule is O=C(CCN1C(C(=O)O)CC2CCCCC21)Nc1cccc(F)c1. The first kappa shape index (κ1) is 16.9. The normalized spacial score (nSPS) is 26.8. The van der Waals surface area contributed by atoms with E-state index in [4.69, 9.17) is 0 Å². The predicted octanol–water partition coefficient (Wildman–Crippen LogP) is 2.87. The van der Waals surface area contributed by atoms with Crippen molar-refractivity contribution in [3.63, 3.8) is 0 Å². The van der Waals surface area contributed by atoms with Gasteiger partial charge in [-0.05, 0) is 43.4 Å². The van der Waals surface area contributed by atoms with Crippen LogP contribution in [-0.2, 0) is 9.59 Å². The number of hydrogen-bond donors (Lipinski definition) is 2. The van der Waals surface area contributed by atoms with Crippen LogP contribution in [0, 0.1) is 11.7 Å². The third-order valence-corrected chi connectivity index (χ3v) is 5.21. The molecule has 1 aromatic rings. The molecule has 0 bridgehead atoms. The number of benzene rings is 1. The number of rotatable bonds is 5. The highest BCUT2D eigenvalue weighted by atomic mass is 19.1. The van der Waals surface area contributed by atoms with E-state index in [9.17, 15) is 19.1 Å². The Kier molecular flexibility index (Phi) is 5.14. The molecule has 1 heterocycles. The molecular weight excluding hydrogens is 311 g/mol. The summed E-state index contributed by atoms with van der Waals surface area (Å²) in [5.74, 6) is -0.978. The third-order valence-electron chi connectivity index (χ3n) is 5.21. The maximum atomic E-state index is 13.1. The average Bonchev–Trinajstić information content (AvgIpc) is 2.92. The summed E-state index contributed by atoms with van der Waals surface area (Å²) in [6.45, 7) is 0.430. The van der Waals surface area contributed by atoms with E-state index in [0.29, 0.717) is 24.6 Å². The number of nitrogens with one attached hydrogen (secondary N) is 1. The van der Waals surface area contributed by atoms with Gasteiger partial charge in [0.25, 0.3) is 0 Å². The number of carbonyl (C=O) groups is 2. The molecule has 2 aliphatic rings. The molecule has 6 heteroatoms. The van der Waals surface area contributed by atoms with E-state index >= 15 is 0 Å². The van der Waals surface area contributed by atoms with Gasteiger partial charge in [-0.2, -0.15) is 0 Å². The summed E-state index contributed by atoms with van der Waals surface area (Å²) in [6.07, 6.45) is 5.29. The van der Waals surface area contributed by atoms with Crippen LogP contribution in [0.1, 0.15) is 38.5 Å². The Labute approximate surface area is 140 Å². The molecule has 1 saturated carbocycles. The number of halogens is 1. The number of fused-ring (bicyclic) bond motifs is 1. The van der Waals surface area contributed by atoms with Gasteiger partial charge in [0.15, 0.2) is 0 Å². The number of nitrogens with zero attached hydrogens (tertiary/aromatic N) is 1. The van der Waals surface area contributed by atoms with Crippen molar-refractivity contribution in [3.8, 4) is 0 Å². The molecule has 5 nitrogen and oxygen atoms in total. The van der Waals surface area contributed by atoms with Crippen molar-refractivity contribution in [3.05, 3.63) is 30.1 Å². The van der Waals surface area contributed by atoms with Gasteiger partial charge in [0.05, 0.1) is 0 Å². The molecule has 1 amide bonds. The number of carbonyl (C=O) groups excluding carboxylic acids is 1. The van der Waals surface area contributed by atoms with E-state index in [1.165, 1.54) is 18.6 Å². The van der Waals surface area contributed by atoms with Gasteiger partial charge in [0.1, 0.15) is 11.9 Å². The highest BCUT2D eigenvalue weighted by molar-refractivity contribution is 5.90. The quantitative estimate of drug-likeness (QED) is 0.869. The zero-order valence-electron chi connectivity index (χ0n) is 13.6. The molecule has 1 aromatic carbocycles. The van der Waals surface area contributed by atoms with Crippen molar-refractivity contribution in [2.45, 2.75) is 50.6 Å². The Morgan fingerprint density at radius 2 is 2.08 bits per heavy atom. The van der Waals surface area contributed by atoms with Crippen LogP contribution in [0.5, 0.6) is 0 Å². The van der Waals surface area contributed by atoms with E-state index < -0.39 is 17.8 Å². The second-order valence-corrected chi connectivity index (χ2v) is 6.75. The van der Waals surface area contributed by atoms with Crippen molar-refractivity contribution in [1.29, 1.82) is 0 Å². The summed E-state index contributed by atoms with van der Waals surface area (Å²) in [6, 6.07) is 5.56. The molecular formula is C18H23FN2O3. The zero-order chi connectivity index (χ0) is 17.1. The van der Waals surface area contributed by atoms with E-state index in [0.717, 1.165) is 19.3 Å². The first-order valence-corrected chi connectivity index (χ1v) is 8.58. The minimum absolute atomic E-state index is 0.212. The first-order chi connectivity index (χ1) is 11.5. The molecule has 1 saturated heterocycles. The summed E-state index contributed by atoms with van der Waals surface area (Å²) in [5, 5.41) is 12.1. The molecule has 3 rings (SSSR count). The molecule has 0 spiro atoms. The average molecular weight is 334 g/mol. The third kappa shape index (κ3) is 3.75. The van der Waals surface area contributed by atoms with Crippen molar-refractivity contribution < 1.29 is 19.1 Å². The largest absolute Gasteiger partial charge is 0.480 e. The number of carboxylic acid groups (broad SMARTS) is 1.